The summed E-state index contributed by atoms with van der Waals surface area (Å²) in [6.45, 7) is 0.0894. The number of hydrogen-bond acceptors (Lipinski definition) is 6. The number of likely N-dealkylation sites (N-methyl/N-ethyl adjacent to an activating group) is 1. The highest BCUT2D eigenvalue weighted by Crippen LogP contribution is 2.34. The summed E-state index contributed by atoms with van der Waals surface area (Å²) in [4.78, 5) is 31.5. The molecule has 1 aliphatic heterocycles. The first-order valence-electron chi connectivity index (χ1n) is 12.1. The number of nitrogens with one attached hydrogen (secondary N) is 1. The van der Waals surface area contributed by atoms with Gasteiger partial charge in [0.05, 0.1) is 11.9 Å². The van der Waals surface area contributed by atoms with E-state index in [1.807, 2.05) is 6.07 Å². The molecule has 0 fully saturated rings. The van der Waals surface area contributed by atoms with Crippen molar-refractivity contribution in [2.45, 2.75) is 12.5 Å². The molecule has 2 aromatic carbocycles. The van der Waals surface area contributed by atoms with E-state index in [2.05, 4.69) is 27.2 Å². The summed E-state index contributed by atoms with van der Waals surface area (Å²) in [7, 11) is 1.60. The Kier molecular flexibility index (Phi) is 7.50. The van der Waals surface area contributed by atoms with E-state index >= 15 is 0 Å². The van der Waals surface area contributed by atoms with Gasteiger partial charge in [0.25, 0.3) is 5.91 Å². The monoisotopic (exact) mass is 525 g/mol. The molecule has 196 valence electrons. The van der Waals surface area contributed by atoms with Crippen molar-refractivity contribution in [1.82, 2.24) is 20.1 Å². The van der Waals surface area contributed by atoms with E-state index in [0.29, 0.717) is 23.6 Å². The number of carbonyl (C=O) groups is 2. The first-order chi connectivity index (χ1) is 19.0. The minimum absolute atomic E-state index is 0.0594. The number of anilines is 1. The predicted octanol–water partition coefficient (Wildman–Crippen LogP) is 3.42. The third kappa shape index (κ3) is 6.22. The smallest absolute Gasteiger partial charge is 0.342 e. The van der Waals surface area contributed by atoms with Gasteiger partial charge in [0.1, 0.15) is 36.6 Å². The zero-order valence-corrected chi connectivity index (χ0v) is 21.0. The fraction of sp³-hybridized carbons (Fsp3) is 0.172. The van der Waals surface area contributed by atoms with Crippen LogP contribution >= 0.6 is 0 Å². The summed E-state index contributed by atoms with van der Waals surface area (Å²) >= 11 is 0. The number of pyridine rings is 1. The third-order valence-corrected chi connectivity index (χ3v) is 5.97. The molecule has 39 heavy (non-hydrogen) atoms. The van der Waals surface area contributed by atoms with Crippen LogP contribution in [0.25, 0.3) is 0 Å². The molecule has 2 aromatic heterocycles. The number of halogens is 1. The summed E-state index contributed by atoms with van der Waals surface area (Å²) in [5.74, 6) is 6.20. The molecular formula is C29H24FN5O4. The molecule has 0 spiro atoms. The minimum Gasteiger partial charge on any atom is -0.489 e. The van der Waals surface area contributed by atoms with Crippen LogP contribution in [0.5, 0.6) is 11.5 Å². The summed E-state index contributed by atoms with van der Waals surface area (Å²) in [5.41, 5.74) is 2.77. The van der Waals surface area contributed by atoms with Gasteiger partial charge < -0.3 is 19.7 Å². The van der Waals surface area contributed by atoms with Crippen LogP contribution in [0.4, 0.5) is 14.9 Å². The van der Waals surface area contributed by atoms with E-state index in [-0.39, 0.29) is 24.9 Å². The zero-order chi connectivity index (χ0) is 27.2. The van der Waals surface area contributed by atoms with Crippen molar-refractivity contribution in [1.29, 1.82) is 0 Å². The number of ether oxygens (including phenoxy) is 2. The third-order valence-electron chi connectivity index (χ3n) is 5.97. The number of benzene rings is 2. The molecular weight excluding hydrogens is 501 g/mol. The molecule has 1 N–H and O–H groups in total. The average Bonchev–Trinajstić information content (AvgIpc) is 3.38. The molecule has 4 aromatic rings. The van der Waals surface area contributed by atoms with Gasteiger partial charge in [0.15, 0.2) is 0 Å². The lowest BCUT2D eigenvalue weighted by Gasteiger charge is -2.20. The summed E-state index contributed by atoms with van der Waals surface area (Å²) < 4.78 is 26.1. The van der Waals surface area contributed by atoms with E-state index in [1.165, 1.54) is 23.2 Å². The second-order valence-corrected chi connectivity index (χ2v) is 8.77. The molecule has 0 radical (unpaired) electrons. The molecule has 0 aliphatic carbocycles. The molecule has 5 rings (SSSR count). The van der Waals surface area contributed by atoms with Crippen LogP contribution in [-0.2, 0) is 11.2 Å². The minimum atomic E-state index is -0.944. The maximum Gasteiger partial charge on any atom is 0.342 e. The van der Waals surface area contributed by atoms with Gasteiger partial charge in [-0.1, -0.05) is 24.0 Å². The van der Waals surface area contributed by atoms with E-state index in [4.69, 9.17) is 9.47 Å². The zero-order valence-electron chi connectivity index (χ0n) is 21.0. The van der Waals surface area contributed by atoms with E-state index in [1.54, 1.807) is 62.0 Å². The van der Waals surface area contributed by atoms with Crippen LogP contribution in [0.15, 0.2) is 79.4 Å². The number of fused-ring (bicyclic) bond motifs is 1. The quantitative estimate of drug-likeness (QED) is 0.401. The molecule has 1 atom stereocenters. The molecule has 0 saturated heterocycles. The number of aromatic nitrogens is 3. The molecule has 0 saturated carbocycles. The summed E-state index contributed by atoms with van der Waals surface area (Å²) in [5, 5.41) is 6.77. The second kappa shape index (κ2) is 11.5. The van der Waals surface area contributed by atoms with Crippen molar-refractivity contribution < 1.29 is 23.5 Å². The number of amides is 2. The Morgan fingerprint density at radius 1 is 1.18 bits per heavy atom. The normalized spacial score (nSPS) is 14.4. The van der Waals surface area contributed by atoms with Crippen LogP contribution < -0.4 is 19.7 Å². The van der Waals surface area contributed by atoms with E-state index in [9.17, 15) is 14.0 Å². The van der Waals surface area contributed by atoms with Gasteiger partial charge in [0.2, 0.25) is 0 Å². The molecule has 0 unspecified atom stereocenters. The number of rotatable bonds is 5. The average molecular weight is 526 g/mol. The van der Waals surface area contributed by atoms with Crippen LogP contribution in [0.2, 0.25) is 0 Å². The van der Waals surface area contributed by atoms with Gasteiger partial charge in [-0.05, 0) is 47.5 Å². The number of hydrogen-bond donors (Lipinski definition) is 1. The maximum absolute atomic E-state index is 13.5. The fourth-order valence-electron chi connectivity index (χ4n) is 4.03. The van der Waals surface area contributed by atoms with Crippen molar-refractivity contribution >= 4 is 17.6 Å². The summed E-state index contributed by atoms with van der Waals surface area (Å²) in [6, 6.07) is 13.5. The topological polar surface area (TPSA) is 98.6 Å². The first kappa shape index (κ1) is 25.5. The van der Waals surface area contributed by atoms with Gasteiger partial charge in [-0.15, -0.1) is 0 Å². The molecule has 1 aliphatic rings. The van der Waals surface area contributed by atoms with E-state index in [0.717, 1.165) is 21.4 Å². The van der Waals surface area contributed by atoms with E-state index < -0.39 is 12.1 Å². The largest absolute Gasteiger partial charge is 0.489 e. The molecule has 3 heterocycles. The van der Waals surface area contributed by atoms with Crippen molar-refractivity contribution in [3.05, 3.63) is 102 Å². The van der Waals surface area contributed by atoms with Gasteiger partial charge in [-0.25, -0.2) is 9.18 Å². The van der Waals surface area contributed by atoms with Gasteiger partial charge >= 0.3 is 6.03 Å². The Labute approximate surface area is 224 Å². The molecule has 9 nitrogen and oxygen atoms in total. The Bertz CT molecular complexity index is 1560. The molecule has 2 amide bonds. The lowest BCUT2D eigenvalue weighted by atomic mass is 10.1. The van der Waals surface area contributed by atoms with Gasteiger partial charge in [-0.2, -0.15) is 9.78 Å². The lowest BCUT2D eigenvalue weighted by molar-refractivity contribution is -0.120. The highest BCUT2D eigenvalue weighted by molar-refractivity contribution is 6.00. The molecule has 0 bridgehead atoms. The highest BCUT2D eigenvalue weighted by Gasteiger charge is 2.31. The van der Waals surface area contributed by atoms with Gasteiger partial charge in [-0.3, -0.25) is 9.78 Å². The van der Waals surface area contributed by atoms with Crippen molar-refractivity contribution in [2.24, 2.45) is 0 Å². The Morgan fingerprint density at radius 3 is 2.90 bits per heavy atom. The maximum atomic E-state index is 13.5. The molecule has 10 heteroatoms. The van der Waals surface area contributed by atoms with Crippen molar-refractivity contribution in [3.8, 4) is 23.3 Å². The second-order valence-electron chi connectivity index (χ2n) is 8.77. The number of nitrogens with zero attached hydrogens (tertiary/aromatic N) is 4. The van der Waals surface area contributed by atoms with Crippen LogP contribution in [0.1, 0.15) is 16.7 Å². The lowest BCUT2D eigenvalue weighted by Crippen LogP contribution is -2.50. The Balaban J connectivity index is 1.21. The SMILES string of the molecule is CN1C(=O)[C@@H](NC(=O)n2cc(Cc3cccc(F)c3)cn2)COc2ccc(OCC#Cc3cccnc3)cc21. The van der Waals surface area contributed by atoms with Crippen molar-refractivity contribution in [2.75, 3.05) is 25.2 Å². The number of carbonyl (C=O) groups excluding carboxylic acids is 2. The Morgan fingerprint density at radius 2 is 2.08 bits per heavy atom. The van der Waals surface area contributed by atoms with Crippen molar-refractivity contribution in [3.63, 3.8) is 0 Å². The highest BCUT2D eigenvalue weighted by atomic mass is 19.1. The fourth-order valence-corrected chi connectivity index (χ4v) is 4.03. The first-order valence-corrected chi connectivity index (χ1v) is 12.1. The van der Waals surface area contributed by atoms with Crippen LogP contribution in [0, 0.1) is 17.7 Å². The standard InChI is InChI=1S/C29H24FN5O4/c1-34-26-15-24(38-12-4-7-20-6-3-11-31-16-20)9-10-27(26)39-19-25(28(34)36)33-29(37)35-18-22(17-32-35)13-21-5-2-8-23(30)14-21/h2-3,5-6,8-11,14-18,25H,12-13,19H2,1H3,(H,33,37)/t25-/m0/s1. The Hall–Kier alpha value is -5.17. The van der Waals surface area contributed by atoms with Gasteiger partial charge in [0, 0.05) is 43.7 Å². The van der Waals surface area contributed by atoms with Crippen LogP contribution in [-0.4, -0.2) is 53.0 Å². The predicted molar refractivity (Wildman–Crippen MR) is 141 cm³/mol. The summed E-state index contributed by atoms with van der Waals surface area (Å²) in [6.07, 6.45) is 6.83. The van der Waals surface area contributed by atoms with Crippen LogP contribution in [0.3, 0.4) is 0 Å².